The molecule has 0 atom stereocenters. The van der Waals surface area contributed by atoms with Gasteiger partial charge in [0.2, 0.25) is 5.91 Å². The van der Waals surface area contributed by atoms with E-state index in [0.29, 0.717) is 106 Å². The fourth-order valence-electron chi connectivity index (χ4n) is 4.41. The summed E-state index contributed by atoms with van der Waals surface area (Å²) in [5.74, 6) is -1.51. The van der Waals surface area contributed by atoms with Gasteiger partial charge >= 0.3 is 5.97 Å². The number of rotatable bonds is 42. The Morgan fingerprint density at radius 1 is 0.396 bits per heavy atom. The van der Waals surface area contributed by atoms with E-state index in [-0.39, 0.29) is 6.61 Å². The van der Waals surface area contributed by atoms with Gasteiger partial charge in [-0.2, -0.15) is 0 Å². The van der Waals surface area contributed by atoms with Crippen LogP contribution in [-0.4, -0.2) is 142 Å². The molecule has 0 fully saturated rings. The van der Waals surface area contributed by atoms with E-state index in [9.17, 15) is 9.59 Å². The molecule has 0 bridgehead atoms. The largest absolute Gasteiger partial charge is 0.480 e. The van der Waals surface area contributed by atoms with Gasteiger partial charge in [-0.25, -0.2) is 4.79 Å². The predicted molar refractivity (Wildman–Crippen MR) is 184 cm³/mol. The van der Waals surface area contributed by atoms with E-state index in [2.05, 4.69) is 17.0 Å². The molecule has 0 rings (SSSR count). The highest BCUT2D eigenvalue weighted by molar-refractivity contribution is 5.77. The molecule has 0 aromatic rings. The zero-order valence-electron chi connectivity index (χ0n) is 30.1. The lowest BCUT2D eigenvalue weighted by molar-refractivity contribution is -0.143. The number of carboxylic acids is 1. The van der Waals surface area contributed by atoms with Crippen molar-refractivity contribution in [2.24, 2.45) is 0 Å². The lowest BCUT2D eigenvalue weighted by Crippen LogP contribution is -2.31. The van der Waals surface area contributed by atoms with Gasteiger partial charge in [0.15, 0.2) is 0 Å². The van der Waals surface area contributed by atoms with Gasteiger partial charge in [0.1, 0.15) is 13.2 Å². The molecule has 1 amide bonds. The van der Waals surface area contributed by atoms with Gasteiger partial charge in [-0.05, 0) is 6.42 Å². The third-order valence-corrected chi connectivity index (χ3v) is 7.02. The highest BCUT2D eigenvalue weighted by Crippen LogP contribution is 2.12. The highest BCUT2D eigenvalue weighted by atomic mass is 16.6. The molecule has 0 radical (unpaired) electrons. The van der Waals surface area contributed by atoms with Crippen molar-refractivity contribution in [3.8, 4) is 0 Å². The topological polar surface area (TPSA) is 149 Å². The molecule has 0 unspecified atom stereocenters. The second kappa shape index (κ2) is 41.7. The van der Waals surface area contributed by atoms with Gasteiger partial charge in [0, 0.05) is 13.2 Å². The summed E-state index contributed by atoms with van der Waals surface area (Å²) in [4.78, 5) is 21.7. The maximum atomic E-state index is 11.4. The Morgan fingerprint density at radius 3 is 1.06 bits per heavy atom. The standard InChI is InChI=1S/C35H69NO12/c1-2-3-4-5-6-7-8-9-10-11-12-13-14-16-40-18-20-42-22-24-44-26-28-46-30-31-47-29-27-45-25-23-43-21-19-41-17-15-36-34(37)32-48-33-35(38)39/h2-33H2,1H3,(H,36,37)(H,38,39). The smallest absolute Gasteiger partial charge is 0.329 e. The van der Waals surface area contributed by atoms with Crippen LogP contribution in [0.25, 0.3) is 0 Å². The number of hydrogen-bond acceptors (Lipinski definition) is 11. The number of carbonyl (C=O) groups is 2. The van der Waals surface area contributed by atoms with Gasteiger partial charge in [0.25, 0.3) is 0 Å². The van der Waals surface area contributed by atoms with Crippen LogP contribution in [-0.2, 0) is 52.2 Å². The predicted octanol–water partition coefficient (Wildman–Crippen LogP) is 4.43. The number of amides is 1. The molecule has 48 heavy (non-hydrogen) atoms. The van der Waals surface area contributed by atoms with Crippen molar-refractivity contribution >= 4 is 11.9 Å². The molecule has 286 valence electrons. The van der Waals surface area contributed by atoms with E-state index in [1.165, 1.54) is 77.0 Å². The minimum Gasteiger partial charge on any atom is -0.480 e. The van der Waals surface area contributed by atoms with Crippen molar-refractivity contribution in [1.82, 2.24) is 5.32 Å². The monoisotopic (exact) mass is 695 g/mol. The Kier molecular flexibility index (Phi) is 40.5. The Morgan fingerprint density at radius 2 is 0.708 bits per heavy atom. The fraction of sp³-hybridized carbons (Fsp3) is 0.943. The number of hydrogen-bond donors (Lipinski definition) is 2. The summed E-state index contributed by atoms with van der Waals surface area (Å²) in [6.07, 6.45) is 17.7. The first-order valence-corrected chi connectivity index (χ1v) is 18.3. The zero-order chi connectivity index (χ0) is 34.9. The van der Waals surface area contributed by atoms with E-state index in [0.717, 1.165) is 13.0 Å². The fourth-order valence-corrected chi connectivity index (χ4v) is 4.41. The van der Waals surface area contributed by atoms with E-state index in [1.54, 1.807) is 0 Å². The van der Waals surface area contributed by atoms with Crippen molar-refractivity contribution in [2.45, 2.75) is 90.4 Å². The number of carboxylic acid groups (broad SMARTS) is 1. The maximum Gasteiger partial charge on any atom is 0.329 e. The molecular formula is C35H69NO12. The molecule has 0 spiro atoms. The number of aliphatic carboxylic acids is 1. The van der Waals surface area contributed by atoms with Crippen LogP contribution < -0.4 is 5.32 Å². The molecule has 0 saturated heterocycles. The van der Waals surface area contributed by atoms with Crippen LogP contribution in [0.2, 0.25) is 0 Å². The number of nitrogens with one attached hydrogen (secondary N) is 1. The minimum absolute atomic E-state index is 0.295. The SMILES string of the molecule is CCCCCCCCCCCCCCCOCCOCCOCCOCCOCCOCCOCCOCCNC(=O)COCC(=O)O. The second-order valence-electron chi connectivity index (χ2n) is 11.4. The van der Waals surface area contributed by atoms with Gasteiger partial charge < -0.3 is 53.1 Å². The lowest BCUT2D eigenvalue weighted by atomic mass is 10.0. The Hall–Kier alpha value is -1.42. The first kappa shape index (κ1) is 46.6. The summed E-state index contributed by atoms with van der Waals surface area (Å²) in [6.45, 7) is 9.97. The van der Waals surface area contributed by atoms with Crippen molar-refractivity contribution in [3.05, 3.63) is 0 Å². The lowest BCUT2D eigenvalue weighted by Gasteiger charge is -2.09. The van der Waals surface area contributed by atoms with Crippen LogP contribution in [0.5, 0.6) is 0 Å². The second-order valence-corrected chi connectivity index (χ2v) is 11.4. The maximum absolute atomic E-state index is 11.4. The molecule has 0 aliphatic heterocycles. The van der Waals surface area contributed by atoms with Crippen molar-refractivity contribution in [2.75, 3.05) is 125 Å². The van der Waals surface area contributed by atoms with Crippen LogP contribution in [0.1, 0.15) is 90.4 Å². The van der Waals surface area contributed by atoms with E-state index >= 15 is 0 Å². The van der Waals surface area contributed by atoms with E-state index in [4.69, 9.17) is 43.0 Å². The third-order valence-electron chi connectivity index (χ3n) is 7.02. The quantitative estimate of drug-likeness (QED) is 0.0871. The van der Waals surface area contributed by atoms with Gasteiger partial charge in [-0.1, -0.05) is 84.0 Å². The molecule has 0 aromatic carbocycles. The average Bonchev–Trinajstić information content (AvgIpc) is 3.07. The number of unbranched alkanes of at least 4 members (excludes halogenated alkanes) is 12. The van der Waals surface area contributed by atoms with Crippen molar-refractivity contribution < 1.29 is 57.3 Å². The van der Waals surface area contributed by atoms with Crippen molar-refractivity contribution in [1.29, 1.82) is 0 Å². The molecule has 0 aliphatic carbocycles. The van der Waals surface area contributed by atoms with Crippen LogP contribution in [0, 0.1) is 0 Å². The van der Waals surface area contributed by atoms with Crippen LogP contribution >= 0.6 is 0 Å². The summed E-state index contributed by atoms with van der Waals surface area (Å²) in [7, 11) is 0. The van der Waals surface area contributed by atoms with E-state index in [1.807, 2.05) is 0 Å². The molecule has 2 N–H and O–H groups in total. The van der Waals surface area contributed by atoms with Crippen LogP contribution in [0.15, 0.2) is 0 Å². The highest BCUT2D eigenvalue weighted by Gasteiger charge is 2.03. The summed E-state index contributed by atoms with van der Waals surface area (Å²) in [5, 5.41) is 11.0. The molecule has 0 aliphatic rings. The third kappa shape index (κ3) is 42.6. The van der Waals surface area contributed by atoms with E-state index < -0.39 is 18.5 Å². The summed E-state index contributed by atoms with van der Waals surface area (Å²) in [6, 6.07) is 0. The van der Waals surface area contributed by atoms with Crippen LogP contribution in [0.4, 0.5) is 0 Å². The molecule has 13 nitrogen and oxygen atoms in total. The number of ether oxygens (including phenoxy) is 9. The van der Waals surface area contributed by atoms with Crippen molar-refractivity contribution in [3.63, 3.8) is 0 Å². The molecule has 13 heteroatoms. The van der Waals surface area contributed by atoms with Gasteiger partial charge in [0.05, 0.1) is 99.1 Å². The molecule has 0 aromatic heterocycles. The normalized spacial score (nSPS) is 11.4. The zero-order valence-corrected chi connectivity index (χ0v) is 30.1. The van der Waals surface area contributed by atoms with Gasteiger partial charge in [-0.15, -0.1) is 0 Å². The Bertz CT molecular complexity index is 659. The first-order chi connectivity index (χ1) is 23.7. The average molecular weight is 696 g/mol. The van der Waals surface area contributed by atoms with Gasteiger partial charge in [-0.3, -0.25) is 4.79 Å². The molecule has 0 saturated carbocycles. The molecule has 0 heterocycles. The summed E-state index contributed by atoms with van der Waals surface area (Å²) >= 11 is 0. The Labute approximate surface area is 290 Å². The Balaban J connectivity index is 3.08. The van der Waals surface area contributed by atoms with Crippen LogP contribution in [0.3, 0.4) is 0 Å². The molecular weight excluding hydrogens is 626 g/mol. The number of carbonyl (C=O) groups excluding carboxylic acids is 1. The first-order valence-electron chi connectivity index (χ1n) is 18.3. The summed E-state index contributed by atoms with van der Waals surface area (Å²) < 4.78 is 48.5. The summed E-state index contributed by atoms with van der Waals surface area (Å²) in [5.41, 5.74) is 0. The minimum atomic E-state index is -1.12.